The van der Waals surface area contributed by atoms with E-state index in [1.54, 1.807) is 13.0 Å². The molecule has 0 spiro atoms. The van der Waals surface area contributed by atoms with Crippen LogP contribution in [0.1, 0.15) is 50.3 Å². The average Bonchev–Trinajstić information content (AvgIpc) is 3.08. The summed E-state index contributed by atoms with van der Waals surface area (Å²) in [4.78, 5) is 0.777. The Balaban J connectivity index is 1.91. The van der Waals surface area contributed by atoms with Crippen LogP contribution in [0.3, 0.4) is 0 Å². The molecule has 1 aromatic carbocycles. The van der Waals surface area contributed by atoms with Gasteiger partial charge in [-0.2, -0.15) is 0 Å². The Bertz CT molecular complexity index is 622. The first-order valence-corrected chi connectivity index (χ1v) is 7.98. The SMILES string of the molecule is CC(N)c1c(F)cccc1Sc1nnnn1C1CCCC1. The van der Waals surface area contributed by atoms with Crippen molar-refractivity contribution in [3.8, 4) is 0 Å². The minimum Gasteiger partial charge on any atom is -0.324 e. The van der Waals surface area contributed by atoms with Gasteiger partial charge in [-0.15, -0.1) is 5.10 Å². The van der Waals surface area contributed by atoms with Gasteiger partial charge in [-0.1, -0.05) is 18.9 Å². The van der Waals surface area contributed by atoms with Gasteiger partial charge in [-0.05, 0) is 54.1 Å². The molecule has 1 aromatic heterocycles. The molecule has 0 saturated heterocycles. The monoisotopic (exact) mass is 307 g/mol. The number of nitrogens with zero attached hydrogens (tertiary/aromatic N) is 4. The summed E-state index contributed by atoms with van der Waals surface area (Å²) in [6.45, 7) is 1.78. The van der Waals surface area contributed by atoms with E-state index in [0.29, 0.717) is 16.8 Å². The van der Waals surface area contributed by atoms with E-state index in [1.165, 1.54) is 30.7 Å². The van der Waals surface area contributed by atoms with E-state index in [0.717, 1.165) is 17.7 Å². The predicted octanol–water partition coefficient (Wildman–Crippen LogP) is 3.10. The summed E-state index contributed by atoms with van der Waals surface area (Å²) < 4.78 is 15.8. The molecule has 1 atom stereocenters. The van der Waals surface area contributed by atoms with Crippen molar-refractivity contribution in [2.24, 2.45) is 5.73 Å². The van der Waals surface area contributed by atoms with Crippen molar-refractivity contribution in [1.29, 1.82) is 0 Å². The van der Waals surface area contributed by atoms with Gasteiger partial charge in [-0.25, -0.2) is 9.07 Å². The molecule has 2 N–H and O–H groups in total. The Kier molecular flexibility index (Phi) is 4.21. The van der Waals surface area contributed by atoms with Crippen molar-refractivity contribution in [2.75, 3.05) is 0 Å². The van der Waals surface area contributed by atoms with Crippen LogP contribution in [0.25, 0.3) is 0 Å². The summed E-state index contributed by atoms with van der Waals surface area (Å²) >= 11 is 1.38. The summed E-state index contributed by atoms with van der Waals surface area (Å²) in [6, 6.07) is 4.97. The van der Waals surface area contributed by atoms with Crippen molar-refractivity contribution in [1.82, 2.24) is 20.2 Å². The van der Waals surface area contributed by atoms with Crippen molar-refractivity contribution >= 4 is 11.8 Å². The zero-order chi connectivity index (χ0) is 14.8. The minimum atomic E-state index is -0.371. The molecule has 21 heavy (non-hydrogen) atoms. The fourth-order valence-corrected chi connectivity index (χ4v) is 3.87. The van der Waals surface area contributed by atoms with Crippen LogP contribution in [-0.2, 0) is 0 Å². The number of benzene rings is 1. The molecule has 112 valence electrons. The maximum absolute atomic E-state index is 14.0. The number of aromatic nitrogens is 4. The first kappa shape index (κ1) is 14.5. The third kappa shape index (κ3) is 2.94. The first-order chi connectivity index (χ1) is 10.2. The molecule has 1 heterocycles. The smallest absolute Gasteiger partial charge is 0.214 e. The van der Waals surface area contributed by atoms with Gasteiger partial charge in [0, 0.05) is 16.5 Å². The van der Waals surface area contributed by atoms with Gasteiger partial charge in [0.15, 0.2) is 0 Å². The summed E-state index contributed by atoms with van der Waals surface area (Å²) in [6.07, 6.45) is 4.61. The molecule has 5 nitrogen and oxygen atoms in total. The van der Waals surface area contributed by atoms with E-state index in [9.17, 15) is 4.39 Å². The normalized spacial score (nSPS) is 17.3. The summed E-state index contributed by atoms with van der Waals surface area (Å²) in [5.41, 5.74) is 6.41. The molecule has 3 rings (SSSR count). The van der Waals surface area contributed by atoms with Gasteiger partial charge in [0.25, 0.3) is 0 Å². The summed E-state index contributed by atoms with van der Waals surface area (Å²) in [5.74, 6) is -0.283. The quantitative estimate of drug-likeness (QED) is 0.940. The number of tetrazole rings is 1. The third-order valence-corrected chi connectivity index (χ3v) is 4.83. The Morgan fingerprint density at radius 2 is 2.14 bits per heavy atom. The lowest BCUT2D eigenvalue weighted by Gasteiger charge is -2.14. The number of hydrogen-bond donors (Lipinski definition) is 1. The second-order valence-electron chi connectivity index (χ2n) is 5.39. The lowest BCUT2D eigenvalue weighted by atomic mass is 10.1. The van der Waals surface area contributed by atoms with E-state index in [1.807, 2.05) is 10.7 Å². The molecule has 2 aromatic rings. The molecule has 1 unspecified atom stereocenters. The van der Waals surface area contributed by atoms with Crippen LogP contribution in [0.4, 0.5) is 4.39 Å². The Morgan fingerprint density at radius 3 is 2.86 bits per heavy atom. The number of hydrogen-bond acceptors (Lipinski definition) is 5. The second-order valence-corrected chi connectivity index (χ2v) is 6.40. The number of rotatable bonds is 4. The largest absolute Gasteiger partial charge is 0.324 e. The van der Waals surface area contributed by atoms with E-state index >= 15 is 0 Å². The lowest BCUT2D eigenvalue weighted by Crippen LogP contribution is -2.10. The van der Waals surface area contributed by atoms with Gasteiger partial charge in [-0.3, -0.25) is 0 Å². The Hall–Kier alpha value is -1.47. The van der Waals surface area contributed by atoms with Crippen LogP contribution in [0.2, 0.25) is 0 Å². The fourth-order valence-electron chi connectivity index (χ4n) is 2.78. The van der Waals surface area contributed by atoms with Gasteiger partial charge >= 0.3 is 0 Å². The molecule has 1 fully saturated rings. The molecule has 7 heteroatoms. The Labute approximate surface area is 127 Å². The van der Waals surface area contributed by atoms with Crippen molar-refractivity contribution < 1.29 is 4.39 Å². The Morgan fingerprint density at radius 1 is 1.38 bits per heavy atom. The maximum atomic E-state index is 14.0. The van der Waals surface area contributed by atoms with Crippen LogP contribution in [0, 0.1) is 5.82 Å². The molecule has 1 aliphatic carbocycles. The molecule has 1 saturated carbocycles. The lowest BCUT2D eigenvalue weighted by molar-refractivity contribution is 0.423. The highest BCUT2D eigenvalue weighted by atomic mass is 32.2. The number of halogens is 1. The van der Waals surface area contributed by atoms with E-state index in [-0.39, 0.29) is 11.9 Å². The standard InChI is InChI=1S/C14H18FN5S/c1-9(16)13-11(15)7-4-8-12(13)21-14-17-18-19-20(14)10-5-2-3-6-10/h4,7-10H,2-3,5-6,16H2,1H3. The van der Waals surface area contributed by atoms with Crippen molar-refractivity contribution in [3.05, 3.63) is 29.6 Å². The van der Waals surface area contributed by atoms with E-state index in [2.05, 4.69) is 15.5 Å². The minimum absolute atomic E-state index is 0.283. The second kappa shape index (κ2) is 6.11. The van der Waals surface area contributed by atoms with E-state index in [4.69, 9.17) is 5.73 Å². The molecular formula is C14H18FN5S. The molecule has 0 bridgehead atoms. The highest BCUT2D eigenvalue weighted by Crippen LogP contribution is 2.36. The van der Waals surface area contributed by atoms with Crippen LogP contribution >= 0.6 is 11.8 Å². The first-order valence-electron chi connectivity index (χ1n) is 7.16. The fraction of sp³-hybridized carbons (Fsp3) is 0.500. The van der Waals surface area contributed by atoms with Crippen LogP contribution < -0.4 is 5.73 Å². The van der Waals surface area contributed by atoms with E-state index < -0.39 is 0 Å². The molecule has 0 radical (unpaired) electrons. The van der Waals surface area contributed by atoms with Crippen molar-refractivity contribution in [3.63, 3.8) is 0 Å². The molecular weight excluding hydrogens is 289 g/mol. The third-order valence-electron chi connectivity index (χ3n) is 3.80. The zero-order valence-corrected chi connectivity index (χ0v) is 12.7. The van der Waals surface area contributed by atoms with Crippen LogP contribution in [-0.4, -0.2) is 20.2 Å². The molecule has 0 aliphatic heterocycles. The summed E-state index contributed by atoms with van der Waals surface area (Å²) in [7, 11) is 0. The van der Waals surface area contributed by atoms with Crippen LogP contribution in [0.15, 0.2) is 28.3 Å². The molecule has 0 amide bonds. The maximum Gasteiger partial charge on any atom is 0.214 e. The summed E-state index contributed by atoms with van der Waals surface area (Å²) in [5, 5.41) is 12.7. The predicted molar refractivity (Wildman–Crippen MR) is 78.4 cm³/mol. The number of nitrogens with two attached hydrogens (primary N) is 1. The van der Waals surface area contributed by atoms with Gasteiger partial charge in [0.05, 0.1) is 6.04 Å². The average molecular weight is 307 g/mol. The van der Waals surface area contributed by atoms with Gasteiger partial charge in [0.1, 0.15) is 5.82 Å². The highest BCUT2D eigenvalue weighted by molar-refractivity contribution is 7.99. The van der Waals surface area contributed by atoms with Crippen LogP contribution in [0.5, 0.6) is 0 Å². The topological polar surface area (TPSA) is 69.6 Å². The van der Waals surface area contributed by atoms with Gasteiger partial charge < -0.3 is 5.73 Å². The molecule has 1 aliphatic rings. The van der Waals surface area contributed by atoms with Crippen molar-refractivity contribution in [2.45, 2.75) is 54.7 Å². The zero-order valence-electron chi connectivity index (χ0n) is 11.9. The highest BCUT2D eigenvalue weighted by Gasteiger charge is 2.23. The van der Waals surface area contributed by atoms with Gasteiger partial charge in [0.2, 0.25) is 5.16 Å².